The van der Waals surface area contributed by atoms with Crippen LogP contribution < -0.4 is 4.46 Å². The maximum atomic E-state index is 6.40. The number of hydrogen-bond donors (Lipinski definition) is 0. The molecule has 1 fully saturated rings. The second-order valence-electron chi connectivity index (χ2n) is 6.52. The predicted molar refractivity (Wildman–Crippen MR) is 99.4 cm³/mol. The standard InChI is InChI=1S/C21H24O2Se/c1-4-22-20-18(15-24-17-13-9-6-10-14-17)23-19(21(20,2)3)16-11-7-5-8-12-16/h5-15,19-20H,4H2,1-3H3/b18-15-/t19-,20+/m1/s1. The van der Waals surface area contributed by atoms with E-state index in [9.17, 15) is 0 Å². The molecule has 1 heterocycles. The van der Waals surface area contributed by atoms with E-state index in [0.717, 1.165) is 5.76 Å². The van der Waals surface area contributed by atoms with Gasteiger partial charge in [-0.2, -0.15) is 0 Å². The Bertz CT molecular complexity index is 679. The topological polar surface area (TPSA) is 18.5 Å². The van der Waals surface area contributed by atoms with Gasteiger partial charge in [0.15, 0.2) is 0 Å². The molecule has 0 N–H and O–H groups in total. The summed E-state index contributed by atoms with van der Waals surface area (Å²) in [7, 11) is 0. The van der Waals surface area contributed by atoms with Crippen molar-refractivity contribution in [1.29, 1.82) is 0 Å². The minimum absolute atomic E-state index is 0.00158. The van der Waals surface area contributed by atoms with Crippen LogP contribution in [0.3, 0.4) is 0 Å². The molecule has 2 aromatic carbocycles. The van der Waals surface area contributed by atoms with Gasteiger partial charge in [0.2, 0.25) is 0 Å². The van der Waals surface area contributed by atoms with E-state index in [1.54, 1.807) is 0 Å². The van der Waals surface area contributed by atoms with Crippen molar-refractivity contribution in [3.05, 3.63) is 77.0 Å². The zero-order valence-electron chi connectivity index (χ0n) is 14.4. The summed E-state index contributed by atoms with van der Waals surface area (Å²) >= 11 is 0.244. The molecule has 0 aromatic heterocycles. The van der Waals surface area contributed by atoms with Gasteiger partial charge in [0.05, 0.1) is 0 Å². The summed E-state index contributed by atoms with van der Waals surface area (Å²) in [6.45, 7) is 7.21. The molecule has 0 radical (unpaired) electrons. The van der Waals surface area contributed by atoms with Crippen LogP contribution in [0.15, 0.2) is 71.4 Å². The van der Waals surface area contributed by atoms with Crippen molar-refractivity contribution >= 4 is 19.4 Å². The van der Waals surface area contributed by atoms with Crippen molar-refractivity contribution in [2.75, 3.05) is 6.61 Å². The number of hydrogen-bond acceptors (Lipinski definition) is 2. The van der Waals surface area contributed by atoms with E-state index in [-0.39, 0.29) is 32.6 Å². The van der Waals surface area contributed by atoms with Crippen LogP contribution in [0.4, 0.5) is 0 Å². The summed E-state index contributed by atoms with van der Waals surface area (Å²) in [5, 5.41) is 0. The number of benzene rings is 2. The Morgan fingerprint density at radius 3 is 2.29 bits per heavy atom. The Hall–Kier alpha value is -1.54. The van der Waals surface area contributed by atoms with Gasteiger partial charge in [-0.1, -0.05) is 0 Å². The number of ether oxygens (including phenoxy) is 2. The maximum absolute atomic E-state index is 6.40. The first kappa shape index (κ1) is 17.3. The first-order valence-electron chi connectivity index (χ1n) is 8.38. The molecule has 1 aliphatic rings. The van der Waals surface area contributed by atoms with Gasteiger partial charge in [-0.05, 0) is 0 Å². The van der Waals surface area contributed by atoms with Gasteiger partial charge < -0.3 is 0 Å². The molecule has 2 nitrogen and oxygen atoms in total. The van der Waals surface area contributed by atoms with E-state index in [2.05, 4.69) is 73.4 Å². The first-order chi connectivity index (χ1) is 11.6. The van der Waals surface area contributed by atoms with Crippen LogP contribution in [-0.4, -0.2) is 27.7 Å². The van der Waals surface area contributed by atoms with E-state index < -0.39 is 0 Å². The Morgan fingerprint density at radius 2 is 1.67 bits per heavy atom. The van der Waals surface area contributed by atoms with Gasteiger partial charge in [-0.15, -0.1) is 0 Å². The number of rotatable bonds is 5. The second-order valence-corrected chi connectivity index (χ2v) is 8.49. The molecule has 0 unspecified atom stereocenters. The van der Waals surface area contributed by atoms with Crippen molar-refractivity contribution in [2.45, 2.75) is 33.0 Å². The fourth-order valence-electron chi connectivity index (χ4n) is 3.16. The summed E-state index contributed by atoms with van der Waals surface area (Å²) in [6, 6.07) is 21.0. The minimum atomic E-state index is -0.101. The molecule has 0 saturated carbocycles. The summed E-state index contributed by atoms with van der Waals surface area (Å²) in [4.78, 5) is 2.24. The van der Waals surface area contributed by atoms with Crippen LogP contribution in [0.2, 0.25) is 0 Å². The SMILES string of the molecule is CCO[C@H]1/C(=C/[Se]c2ccccc2)O[C@H](c2ccccc2)C1(C)C. The van der Waals surface area contributed by atoms with E-state index >= 15 is 0 Å². The normalized spacial score (nSPS) is 24.0. The van der Waals surface area contributed by atoms with Crippen molar-refractivity contribution in [3.63, 3.8) is 0 Å². The second kappa shape index (κ2) is 7.56. The molecule has 0 spiro atoms. The average Bonchev–Trinajstić information content (AvgIpc) is 2.86. The third-order valence-electron chi connectivity index (χ3n) is 4.35. The molecule has 1 aliphatic heterocycles. The molecule has 24 heavy (non-hydrogen) atoms. The Kier molecular flexibility index (Phi) is 5.45. The molecule has 2 aromatic rings. The predicted octanol–water partition coefficient (Wildman–Crippen LogP) is 4.06. The van der Waals surface area contributed by atoms with Crippen molar-refractivity contribution in [1.82, 2.24) is 0 Å². The molecule has 1 saturated heterocycles. The van der Waals surface area contributed by atoms with Crippen LogP contribution in [0.25, 0.3) is 0 Å². The van der Waals surface area contributed by atoms with E-state index in [1.807, 2.05) is 13.0 Å². The van der Waals surface area contributed by atoms with E-state index in [0.29, 0.717) is 6.61 Å². The van der Waals surface area contributed by atoms with Crippen molar-refractivity contribution in [2.24, 2.45) is 5.41 Å². The van der Waals surface area contributed by atoms with Gasteiger partial charge in [-0.25, -0.2) is 0 Å². The molecule has 126 valence electrons. The molecule has 3 heteroatoms. The van der Waals surface area contributed by atoms with Gasteiger partial charge >= 0.3 is 151 Å². The Morgan fingerprint density at radius 1 is 1.04 bits per heavy atom. The molecular weight excluding hydrogens is 363 g/mol. The zero-order valence-corrected chi connectivity index (χ0v) is 16.2. The summed E-state index contributed by atoms with van der Waals surface area (Å²) in [5.74, 6) is 0.986. The summed E-state index contributed by atoms with van der Waals surface area (Å²) in [5.41, 5.74) is 1.11. The van der Waals surface area contributed by atoms with Crippen LogP contribution in [0, 0.1) is 5.41 Å². The fourth-order valence-corrected chi connectivity index (χ4v) is 4.72. The molecule has 0 aliphatic carbocycles. The van der Waals surface area contributed by atoms with E-state index in [4.69, 9.17) is 9.47 Å². The van der Waals surface area contributed by atoms with Gasteiger partial charge in [0.1, 0.15) is 0 Å². The van der Waals surface area contributed by atoms with Gasteiger partial charge in [-0.3, -0.25) is 0 Å². The van der Waals surface area contributed by atoms with Gasteiger partial charge in [0, 0.05) is 0 Å². The third kappa shape index (κ3) is 3.59. The van der Waals surface area contributed by atoms with Crippen LogP contribution in [-0.2, 0) is 9.47 Å². The van der Waals surface area contributed by atoms with Crippen molar-refractivity contribution < 1.29 is 9.47 Å². The summed E-state index contributed by atoms with van der Waals surface area (Å²) in [6.07, 6.45) is 0.0198. The fraction of sp³-hybridized carbons (Fsp3) is 0.333. The molecule has 3 rings (SSSR count). The Balaban J connectivity index is 1.88. The van der Waals surface area contributed by atoms with E-state index in [1.165, 1.54) is 10.0 Å². The molecular formula is C21H24O2Se. The monoisotopic (exact) mass is 388 g/mol. The molecule has 0 amide bonds. The van der Waals surface area contributed by atoms with Crippen molar-refractivity contribution in [3.8, 4) is 0 Å². The molecule has 0 bridgehead atoms. The quantitative estimate of drug-likeness (QED) is 0.721. The Labute approximate surface area is 151 Å². The molecule has 2 atom stereocenters. The average molecular weight is 387 g/mol. The third-order valence-corrected chi connectivity index (χ3v) is 6.23. The first-order valence-corrected chi connectivity index (χ1v) is 10.2. The zero-order chi connectivity index (χ0) is 17.0. The van der Waals surface area contributed by atoms with Crippen LogP contribution >= 0.6 is 0 Å². The van der Waals surface area contributed by atoms with Crippen LogP contribution in [0.5, 0.6) is 0 Å². The van der Waals surface area contributed by atoms with Crippen LogP contribution in [0.1, 0.15) is 32.4 Å². The summed E-state index contributed by atoms with van der Waals surface area (Å²) < 4.78 is 13.8. The van der Waals surface area contributed by atoms with Gasteiger partial charge in [0.25, 0.3) is 0 Å².